The fraction of sp³-hybridized carbons (Fsp3) is 0.364. The highest BCUT2D eigenvalue weighted by Gasteiger charge is 2.33. The summed E-state index contributed by atoms with van der Waals surface area (Å²) >= 11 is 0. The number of rotatable bonds is 6. The summed E-state index contributed by atoms with van der Waals surface area (Å²) in [6.07, 6.45) is 0. The molecule has 0 bridgehead atoms. The van der Waals surface area contributed by atoms with Crippen LogP contribution in [0, 0.1) is 5.92 Å². The Bertz CT molecular complexity index is 1030. The first-order valence-electron chi connectivity index (χ1n) is 9.64. The molecule has 0 fully saturated rings. The Hall–Kier alpha value is -2.67. The summed E-state index contributed by atoms with van der Waals surface area (Å²) in [5, 5.41) is 0. The molecule has 0 saturated carbocycles. The Morgan fingerprint density at radius 2 is 1.69 bits per heavy atom. The highest BCUT2D eigenvalue weighted by molar-refractivity contribution is 7.90. The Morgan fingerprint density at radius 3 is 2.31 bits per heavy atom. The van der Waals surface area contributed by atoms with Crippen LogP contribution in [0.3, 0.4) is 0 Å². The molecule has 154 valence electrons. The van der Waals surface area contributed by atoms with Crippen LogP contribution in [-0.2, 0) is 26.2 Å². The molecule has 1 aliphatic heterocycles. The Labute approximate surface area is 172 Å². The second kappa shape index (κ2) is 8.37. The molecule has 1 atom stereocenters. The average molecular weight is 415 g/mol. The second-order valence-corrected chi connectivity index (χ2v) is 9.42. The van der Waals surface area contributed by atoms with Crippen LogP contribution in [-0.4, -0.2) is 26.3 Å². The highest BCUT2D eigenvalue weighted by Crippen LogP contribution is 2.24. The standard InChI is InChI=1S/C22H26N2O4S/c1-14(2)17-11-9-16(10-12-17)13-28-22(25)20(15(3)4)23-21-18-7-5-6-8-19(18)29(26,27)24-21/h5-12,14-15,20H,13H2,1-4H3,(H,23,24)/t20-/m0/s1. The van der Waals surface area contributed by atoms with Gasteiger partial charge in [-0.3, -0.25) is 9.71 Å². The van der Waals surface area contributed by atoms with Crippen LogP contribution >= 0.6 is 0 Å². The van der Waals surface area contributed by atoms with Gasteiger partial charge in [0, 0.05) is 5.56 Å². The number of amidine groups is 1. The van der Waals surface area contributed by atoms with Gasteiger partial charge in [0.05, 0.1) is 4.90 Å². The lowest BCUT2D eigenvalue weighted by molar-refractivity contribution is -0.147. The third kappa shape index (κ3) is 4.67. The summed E-state index contributed by atoms with van der Waals surface area (Å²) in [6, 6.07) is 13.7. The number of fused-ring (bicyclic) bond motifs is 1. The molecule has 29 heavy (non-hydrogen) atoms. The second-order valence-electron chi connectivity index (χ2n) is 7.77. The van der Waals surface area contributed by atoms with Gasteiger partial charge in [-0.2, -0.15) is 0 Å². The quantitative estimate of drug-likeness (QED) is 0.732. The summed E-state index contributed by atoms with van der Waals surface area (Å²) in [6.45, 7) is 8.09. The average Bonchev–Trinajstić information content (AvgIpc) is 2.95. The van der Waals surface area contributed by atoms with Gasteiger partial charge in [-0.25, -0.2) is 13.2 Å². The first-order valence-corrected chi connectivity index (χ1v) is 11.1. The molecule has 0 aromatic heterocycles. The van der Waals surface area contributed by atoms with Crippen molar-refractivity contribution in [1.82, 2.24) is 4.72 Å². The lowest BCUT2D eigenvalue weighted by Crippen LogP contribution is -2.31. The Morgan fingerprint density at radius 1 is 1.03 bits per heavy atom. The van der Waals surface area contributed by atoms with Crippen molar-refractivity contribution in [3.63, 3.8) is 0 Å². The molecule has 1 heterocycles. The van der Waals surface area contributed by atoms with Crippen LogP contribution in [0.2, 0.25) is 0 Å². The highest BCUT2D eigenvalue weighted by atomic mass is 32.2. The van der Waals surface area contributed by atoms with Crippen molar-refractivity contribution in [2.45, 2.75) is 51.2 Å². The lowest BCUT2D eigenvalue weighted by Gasteiger charge is -2.17. The molecule has 2 aromatic carbocycles. The summed E-state index contributed by atoms with van der Waals surface area (Å²) in [5.74, 6) is -0.0250. The van der Waals surface area contributed by atoms with Crippen LogP contribution in [0.4, 0.5) is 0 Å². The van der Waals surface area contributed by atoms with E-state index in [-0.39, 0.29) is 23.3 Å². The molecule has 0 saturated heterocycles. The van der Waals surface area contributed by atoms with E-state index in [2.05, 4.69) is 23.6 Å². The largest absolute Gasteiger partial charge is 0.459 e. The number of aliphatic imine (C=N–C) groups is 1. The van der Waals surface area contributed by atoms with Gasteiger partial charge in [0.15, 0.2) is 6.04 Å². The van der Waals surface area contributed by atoms with Gasteiger partial charge in [0.1, 0.15) is 12.4 Å². The van der Waals surface area contributed by atoms with E-state index >= 15 is 0 Å². The monoisotopic (exact) mass is 414 g/mol. The predicted octanol–water partition coefficient (Wildman–Crippen LogP) is 3.62. The number of benzene rings is 2. The Kier molecular flexibility index (Phi) is 6.07. The van der Waals surface area contributed by atoms with E-state index in [0.29, 0.717) is 11.5 Å². The van der Waals surface area contributed by atoms with Crippen LogP contribution in [0.15, 0.2) is 58.4 Å². The normalized spacial score (nSPS) is 17.2. The van der Waals surface area contributed by atoms with E-state index in [0.717, 1.165) is 5.56 Å². The fourth-order valence-electron chi connectivity index (χ4n) is 3.08. The molecule has 3 rings (SSSR count). The minimum absolute atomic E-state index is 0.146. The zero-order chi connectivity index (χ0) is 21.2. The molecule has 7 heteroatoms. The van der Waals surface area contributed by atoms with Crippen molar-refractivity contribution >= 4 is 21.8 Å². The van der Waals surface area contributed by atoms with Crippen molar-refractivity contribution in [2.24, 2.45) is 10.9 Å². The molecule has 6 nitrogen and oxygen atoms in total. The molecular weight excluding hydrogens is 388 g/mol. The van der Waals surface area contributed by atoms with Gasteiger partial charge >= 0.3 is 5.97 Å². The molecule has 2 aromatic rings. The lowest BCUT2D eigenvalue weighted by atomic mass is 10.0. The minimum Gasteiger partial charge on any atom is -0.459 e. The summed E-state index contributed by atoms with van der Waals surface area (Å²) in [4.78, 5) is 17.3. The number of hydrogen-bond acceptors (Lipinski definition) is 5. The van der Waals surface area contributed by atoms with E-state index < -0.39 is 22.0 Å². The van der Waals surface area contributed by atoms with Crippen LogP contribution in [0.1, 0.15) is 50.3 Å². The Balaban J connectivity index is 1.76. The van der Waals surface area contributed by atoms with Gasteiger partial charge in [-0.15, -0.1) is 0 Å². The molecule has 0 aliphatic carbocycles. The van der Waals surface area contributed by atoms with E-state index in [9.17, 15) is 13.2 Å². The van der Waals surface area contributed by atoms with E-state index in [1.807, 2.05) is 38.1 Å². The molecule has 0 spiro atoms. The maximum atomic E-state index is 12.7. The number of nitrogens with zero attached hydrogens (tertiary/aromatic N) is 1. The van der Waals surface area contributed by atoms with Crippen LogP contribution in [0.25, 0.3) is 0 Å². The fourth-order valence-corrected chi connectivity index (χ4v) is 4.32. The maximum Gasteiger partial charge on any atom is 0.331 e. The zero-order valence-electron chi connectivity index (χ0n) is 17.0. The molecule has 0 radical (unpaired) electrons. The predicted molar refractivity (Wildman–Crippen MR) is 112 cm³/mol. The van der Waals surface area contributed by atoms with Crippen LogP contribution in [0.5, 0.6) is 0 Å². The smallest absolute Gasteiger partial charge is 0.331 e. The minimum atomic E-state index is -3.65. The van der Waals surface area contributed by atoms with Crippen molar-refractivity contribution < 1.29 is 17.9 Å². The van der Waals surface area contributed by atoms with Gasteiger partial charge in [-0.1, -0.05) is 64.1 Å². The molecule has 0 amide bonds. The topological polar surface area (TPSA) is 84.8 Å². The summed E-state index contributed by atoms with van der Waals surface area (Å²) in [7, 11) is -3.65. The first-order chi connectivity index (χ1) is 13.7. The van der Waals surface area contributed by atoms with E-state index in [1.165, 1.54) is 11.6 Å². The van der Waals surface area contributed by atoms with E-state index in [1.54, 1.807) is 18.2 Å². The summed E-state index contributed by atoms with van der Waals surface area (Å²) < 4.78 is 32.4. The molecule has 1 aliphatic rings. The first kappa shape index (κ1) is 21.0. The van der Waals surface area contributed by atoms with Crippen molar-refractivity contribution in [2.75, 3.05) is 0 Å². The maximum absolute atomic E-state index is 12.7. The van der Waals surface area contributed by atoms with Crippen molar-refractivity contribution in [3.05, 3.63) is 65.2 Å². The molecule has 0 unspecified atom stereocenters. The van der Waals surface area contributed by atoms with Gasteiger partial charge < -0.3 is 4.74 Å². The zero-order valence-corrected chi connectivity index (χ0v) is 17.9. The van der Waals surface area contributed by atoms with Gasteiger partial charge in [0.25, 0.3) is 10.0 Å². The number of esters is 1. The molecular formula is C22H26N2O4S. The summed E-state index contributed by atoms with van der Waals surface area (Å²) in [5.41, 5.74) is 2.58. The number of hydrogen-bond donors (Lipinski definition) is 1. The van der Waals surface area contributed by atoms with Gasteiger partial charge in [0.2, 0.25) is 0 Å². The number of carbonyl (C=O) groups excluding carboxylic acids is 1. The van der Waals surface area contributed by atoms with Crippen LogP contribution < -0.4 is 4.72 Å². The number of sulfonamides is 1. The third-order valence-electron chi connectivity index (χ3n) is 4.83. The SMILES string of the molecule is CC(C)c1ccc(COC(=O)[C@@H](N=C2NS(=O)(=O)c3ccccc32)C(C)C)cc1. The number of carbonyl (C=O) groups is 1. The third-order valence-corrected chi connectivity index (χ3v) is 6.23. The number of nitrogens with one attached hydrogen (secondary N) is 1. The van der Waals surface area contributed by atoms with E-state index in [4.69, 9.17) is 4.74 Å². The van der Waals surface area contributed by atoms with Gasteiger partial charge in [-0.05, 0) is 35.1 Å². The van der Waals surface area contributed by atoms with Crippen molar-refractivity contribution in [1.29, 1.82) is 0 Å². The van der Waals surface area contributed by atoms with Crippen molar-refractivity contribution in [3.8, 4) is 0 Å². The number of ether oxygens (including phenoxy) is 1. The molecule has 1 N–H and O–H groups in total.